The smallest absolute Gasteiger partial charge is 0.188 e. The summed E-state index contributed by atoms with van der Waals surface area (Å²) in [7, 11) is 0. The summed E-state index contributed by atoms with van der Waals surface area (Å²) in [4.78, 5) is 13.8. The van der Waals surface area contributed by atoms with Crippen molar-refractivity contribution in [1.29, 1.82) is 0 Å². The second-order valence-electron chi connectivity index (χ2n) is 7.21. The fourth-order valence-corrected chi connectivity index (χ4v) is 3.92. The molecule has 0 aromatic carbocycles. The van der Waals surface area contributed by atoms with Crippen molar-refractivity contribution >= 4 is 34.0 Å². The summed E-state index contributed by atoms with van der Waals surface area (Å²) in [6.45, 7) is 4.95. The van der Waals surface area contributed by atoms with Gasteiger partial charge in [-0.3, -0.25) is 4.98 Å². The standard InChI is InChI=1S/C20H24N4O4S2/c1-12-16(5-4-6-21-12)28-17-7-13(30-11-20(2,3)27)8-22-18(17)24-19-23-14(10-29-19)15(26)9-25/h4-8,10,15,25-27H,9,11H2,1-3H3,(H,22,23,24). The molecule has 3 aromatic heterocycles. The molecule has 0 amide bonds. The number of aryl methyl sites for hydroxylation is 1. The molecule has 0 spiro atoms. The van der Waals surface area contributed by atoms with Gasteiger partial charge in [-0.1, -0.05) is 0 Å². The lowest BCUT2D eigenvalue weighted by atomic mass is 10.2. The monoisotopic (exact) mass is 448 g/mol. The number of thioether (sulfide) groups is 1. The Labute approximate surface area is 183 Å². The molecule has 10 heteroatoms. The van der Waals surface area contributed by atoms with E-state index in [1.165, 1.54) is 23.1 Å². The highest BCUT2D eigenvalue weighted by Crippen LogP contribution is 2.36. The molecule has 8 nitrogen and oxygen atoms in total. The molecule has 160 valence electrons. The number of ether oxygens (including phenoxy) is 1. The van der Waals surface area contributed by atoms with Crippen LogP contribution in [0, 0.1) is 6.92 Å². The van der Waals surface area contributed by atoms with Crippen molar-refractivity contribution in [1.82, 2.24) is 15.0 Å². The maximum Gasteiger partial charge on any atom is 0.188 e. The zero-order chi connectivity index (χ0) is 21.7. The summed E-state index contributed by atoms with van der Waals surface area (Å²) in [5.41, 5.74) is 0.307. The molecule has 30 heavy (non-hydrogen) atoms. The maximum absolute atomic E-state index is 10.00. The quantitative estimate of drug-likeness (QED) is 0.363. The molecule has 3 heterocycles. The molecule has 0 radical (unpaired) electrons. The normalized spacial score (nSPS) is 12.6. The Morgan fingerprint density at radius 1 is 1.30 bits per heavy atom. The predicted molar refractivity (Wildman–Crippen MR) is 118 cm³/mol. The number of nitrogens with zero attached hydrogens (tertiary/aromatic N) is 3. The zero-order valence-corrected chi connectivity index (χ0v) is 18.5. The van der Waals surface area contributed by atoms with Crippen LogP contribution in [0.5, 0.6) is 11.5 Å². The van der Waals surface area contributed by atoms with Crippen molar-refractivity contribution in [2.45, 2.75) is 37.4 Å². The van der Waals surface area contributed by atoms with Crippen LogP contribution in [-0.2, 0) is 0 Å². The fraction of sp³-hybridized carbons (Fsp3) is 0.350. The second-order valence-corrected chi connectivity index (χ2v) is 9.12. The summed E-state index contributed by atoms with van der Waals surface area (Å²) in [6.07, 6.45) is 2.36. The number of hydrogen-bond acceptors (Lipinski definition) is 10. The third-order valence-electron chi connectivity index (χ3n) is 3.86. The van der Waals surface area contributed by atoms with Gasteiger partial charge >= 0.3 is 0 Å². The van der Waals surface area contributed by atoms with Gasteiger partial charge in [-0.2, -0.15) is 0 Å². The molecular weight excluding hydrogens is 424 g/mol. The third kappa shape index (κ3) is 6.13. The molecule has 0 saturated carbocycles. The van der Waals surface area contributed by atoms with Crippen molar-refractivity contribution in [2.24, 2.45) is 0 Å². The van der Waals surface area contributed by atoms with Gasteiger partial charge in [0, 0.05) is 28.4 Å². The van der Waals surface area contributed by atoms with Crippen LogP contribution in [-0.4, -0.2) is 48.2 Å². The van der Waals surface area contributed by atoms with Gasteiger partial charge in [0.1, 0.15) is 11.9 Å². The topological polar surface area (TPSA) is 121 Å². The van der Waals surface area contributed by atoms with Crippen molar-refractivity contribution in [3.63, 3.8) is 0 Å². The molecule has 3 aromatic rings. The first kappa shape index (κ1) is 22.4. The summed E-state index contributed by atoms with van der Waals surface area (Å²) in [5, 5.41) is 34.1. The van der Waals surface area contributed by atoms with Crippen LogP contribution in [0.3, 0.4) is 0 Å². The Morgan fingerprint density at radius 2 is 2.10 bits per heavy atom. The largest absolute Gasteiger partial charge is 0.452 e. The minimum absolute atomic E-state index is 0.382. The van der Waals surface area contributed by atoms with Gasteiger partial charge in [0.05, 0.1) is 23.6 Å². The Bertz CT molecular complexity index is 991. The van der Waals surface area contributed by atoms with Crippen molar-refractivity contribution < 1.29 is 20.1 Å². The molecule has 0 aliphatic carbocycles. The van der Waals surface area contributed by atoms with Crippen molar-refractivity contribution in [3.8, 4) is 11.5 Å². The first-order chi connectivity index (χ1) is 14.2. The summed E-state index contributed by atoms with van der Waals surface area (Å²) in [5.74, 6) is 2.03. The Hall–Kier alpha value is -2.24. The van der Waals surface area contributed by atoms with E-state index in [-0.39, 0.29) is 0 Å². The minimum atomic E-state index is -1.03. The van der Waals surface area contributed by atoms with E-state index >= 15 is 0 Å². The summed E-state index contributed by atoms with van der Waals surface area (Å²) in [6, 6.07) is 5.45. The van der Waals surface area contributed by atoms with Gasteiger partial charge in [0.15, 0.2) is 16.7 Å². The second kappa shape index (κ2) is 9.71. The summed E-state index contributed by atoms with van der Waals surface area (Å²) < 4.78 is 6.08. The molecule has 4 N–H and O–H groups in total. The van der Waals surface area contributed by atoms with E-state index in [0.29, 0.717) is 33.9 Å². The zero-order valence-electron chi connectivity index (χ0n) is 16.9. The van der Waals surface area contributed by atoms with Gasteiger partial charge in [-0.15, -0.1) is 23.1 Å². The molecule has 1 unspecified atom stereocenters. The number of aromatic nitrogens is 3. The van der Waals surface area contributed by atoms with E-state index < -0.39 is 18.3 Å². The highest BCUT2D eigenvalue weighted by molar-refractivity contribution is 7.99. The van der Waals surface area contributed by atoms with Crippen LogP contribution in [0.15, 0.2) is 40.9 Å². The van der Waals surface area contributed by atoms with E-state index in [0.717, 1.165) is 10.6 Å². The number of hydrogen-bond donors (Lipinski definition) is 4. The van der Waals surface area contributed by atoms with E-state index in [9.17, 15) is 10.2 Å². The lowest BCUT2D eigenvalue weighted by Crippen LogP contribution is -2.21. The number of aliphatic hydroxyl groups excluding tert-OH is 2. The van der Waals surface area contributed by atoms with E-state index in [4.69, 9.17) is 9.84 Å². The lowest BCUT2D eigenvalue weighted by Gasteiger charge is -2.17. The highest BCUT2D eigenvalue weighted by atomic mass is 32.2. The molecule has 0 bridgehead atoms. The lowest BCUT2D eigenvalue weighted by molar-refractivity contribution is 0.0928. The van der Waals surface area contributed by atoms with Crippen molar-refractivity contribution in [2.75, 3.05) is 17.7 Å². The molecule has 0 saturated heterocycles. The van der Waals surface area contributed by atoms with E-state index in [1.54, 1.807) is 37.7 Å². The van der Waals surface area contributed by atoms with Gasteiger partial charge in [-0.25, -0.2) is 9.97 Å². The summed E-state index contributed by atoms with van der Waals surface area (Å²) >= 11 is 2.76. The number of anilines is 2. The van der Waals surface area contributed by atoms with Gasteiger partial charge in [-0.05, 0) is 39.0 Å². The Morgan fingerprint density at radius 3 is 2.80 bits per heavy atom. The Kier molecular flexibility index (Phi) is 7.27. The van der Waals surface area contributed by atoms with Crippen LogP contribution < -0.4 is 10.1 Å². The Balaban J connectivity index is 1.88. The average molecular weight is 449 g/mol. The number of pyridine rings is 2. The third-order valence-corrected chi connectivity index (χ3v) is 6.04. The fourth-order valence-electron chi connectivity index (χ4n) is 2.32. The van der Waals surface area contributed by atoms with Crippen LogP contribution >= 0.6 is 23.1 Å². The SMILES string of the molecule is Cc1ncccc1Oc1cc(SCC(C)(C)O)cnc1Nc1nc(C(O)CO)cs1. The number of thiazole rings is 1. The van der Waals surface area contributed by atoms with Crippen LogP contribution in [0.2, 0.25) is 0 Å². The first-order valence-electron chi connectivity index (χ1n) is 9.21. The maximum atomic E-state index is 10.00. The van der Waals surface area contributed by atoms with Crippen molar-refractivity contribution in [3.05, 3.63) is 47.4 Å². The predicted octanol–water partition coefficient (Wildman–Crippen LogP) is 3.67. The van der Waals surface area contributed by atoms with E-state index in [2.05, 4.69) is 20.3 Å². The van der Waals surface area contributed by atoms with E-state index in [1.807, 2.05) is 19.1 Å². The highest BCUT2D eigenvalue weighted by Gasteiger charge is 2.17. The first-order valence-corrected chi connectivity index (χ1v) is 11.1. The van der Waals surface area contributed by atoms with Crippen LogP contribution in [0.25, 0.3) is 0 Å². The van der Waals surface area contributed by atoms with Crippen LogP contribution in [0.1, 0.15) is 31.3 Å². The van der Waals surface area contributed by atoms with Gasteiger partial charge in [0.2, 0.25) is 0 Å². The molecule has 0 aliphatic heterocycles. The molecule has 0 aliphatic rings. The average Bonchev–Trinajstić information content (AvgIpc) is 3.17. The molecule has 3 rings (SSSR count). The van der Waals surface area contributed by atoms with Gasteiger partial charge in [0.25, 0.3) is 0 Å². The number of rotatable bonds is 9. The number of aliphatic hydroxyl groups is 3. The molecular formula is C20H24N4O4S2. The van der Waals surface area contributed by atoms with Gasteiger partial charge < -0.3 is 25.4 Å². The number of nitrogens with one attached hydrogen (secondary N) is 1. The molecule has 0 fully saturated rings. The molecule has 1 atom stereocenters. The van der Waals surface area contributed by atoms with Crippen LogP contribution in [0.4, 0.5) is 10.9 Å². The minimum Gasteiger partial charge on any atom is -0.452 e.